The maximum Gasteiger partial charge on any atom is 0.472 e. The van der Waals surface area contributed by atoms with Crippen LogP contribution in [-0.4, -0.2) is 65.7 Å². The van der Waals surface area contributed by atoms with Crippen molar-refractivity contribution in [2.24, 2.45) is 0 Å². The highest BCUT2D eigenvalue weighted by Gasteiger charge is 2.27. The highest BCUT2D eigenvalue weighted by atomic mass is 31.2. The molecule has 0 aliphatic heterocycles. The second-order valence-electron chi connectivity index (χ2n) is 17.2. The lowest BCUT2D eigenvalue weighted by atomic mass is 10.0. The molecule has 3 atom stereocenters. The molecule has 352 valence electrons. The summed E-state index contributed by atoms with van der Waals surface area (Å²) < 4.78 is 32.8. The van der Waals surface area contributed by atoms with E-state index in [9.17, 15) is 24.2 Å². The van der Waals surface area contributed by atoms with Crippen LogP contribution in [0, 0.1) is 0 Å². The molecule has 0 bridgehead atoms. The predicted molar refractivity (Wildman–Crippen MR) is 242 cm³/mol. The Kier molecular flexibility index (Phi) is 44.2. The molecule has 0 radical (unpaired) electrons. The quantitative estimate of drug-likeness (QED) is 0.0306. The molecular formula is C48H95O10P. The monoisotopic (exact) mass is 863 g/mol. The van der Waals surface area contributed by atoms with E-state index >= 15 is 0 Å². The van der Waals surface area contributed by atoms with Gasteiger partial charge in [0.15, 0.2) is 6.10 Å². The fraction of sp³-hybridized carbons (Fsp3) is 0.958. The minimum absolute atomic E-state index is 0.193. The molecule has 1 unspecified atom stereocenters. The average molecular weight is 863 g/mol. The second kappa shape index (κ2) is 45.0. The van der Waals surface area contributed by atoms with Gasteiger partial charge in [-0.05, 0) is 12.8 Å². The zero-order chi connectivity index (χ0) is 43.3. The first-order valence-corrected chi connectivity index (χ1v) is 26.5. The van der Waals surface area contributed by atoms with Gasteiger partial charge in [0.25, 0.3) is 0 Å². The van der Waals surface area contributed by atoms with Gasteiger partial charge < -0.3 is 24.6 Å². The predicted octanol–water partition coefficient (Wildman–Crippen LogP) is 13.8. The Hall–Kier alpha value is -1.03. The Morgan fingerprint density at radius 1 is 0.441 bits per heavy atom. The van der Waals surface area contributed by atoms with Gasteiger partial charge >= 0.3 is 19.8 Å². The zero-order valence-corrected chi connectivity index (χ0v) is 39.4. The Morgan fingerprint density at radius 3 is 1.05 bits per heavy atom. The largest absolute Gasteiger partial charge is 0.472 e. The van der Waals surface area contributed by atoms with Crippen molar-refractivity contribution in [3.8, 4) is 0 Å². The van der Waals surface area contributed by atoms with Crippen molar-refractivity contribution in [3.63, 3.8) is 0 Å². The minimum Gasteiger partial charge on any atom is -0.462 e. The maximum absolute atomic E-state index is 12.7. The van der Waals surface area contributed by atoms with Crippen LogP contribution in [0.4, 0.5) is 0 Å². The average Bonchev–Trinajstić information content (AvgIpc) is 3.22. The van der Waals surface area contributed by atoms with E-state index in [2.05, 4.69) is 13.8 Å². The highest BCUT2D eigenvalue weighted by Crippen LogP contribution is 2.43. The van der Waals surface area contributed by atoms with Gasteiger partial charge in [-0.2, -0.15) is 0 Å². The summed E-state index contributed by atoms with van der Waals surface area (Å²) in [5.74, 6) is -0.904. The number of hydrogen-bond donors (Lipinski definition) is 3. The summed E-state index contributed by atoms with van der Waals surface area (Å²) in [6.45, 7) is 2.45. The van der Waals surface area contributed by atoms with E-state index in [0.29, 0.717) is 12.8 Å². The number of ether oxygens (including phenoxy) is 2. The highest BCUT2D eigenvalue weighted by molar-refractivity contribution is 7.47. The summed E-state index contributed by atoms with van der Waals surface area (Å²) >= 11 is 0. The first-order valence-electron chi connectivity index (χ1n) is 25.0. The standard InChI is InChI=1S/C48H95O10P/c1-3-5-7-9-11-13-15-17-19-20-21-22-23-24-26-28-30-32-34-36-38-40-48(52)58-46(44-57-59(53,54)56-42-45(50)41-49)43-55-47(51)39-37-35-33-31-29-27-25-18-16-14-12-10-8-6-4-2/h45-46,49-50H,3-44H2,1-2H3,(H,53,54)/t45-,46+/m0/s1. The van der Waals surface area contributed by atoms with E-state index in [4.69, 9.17) is 23.6 Å². The number of aliphatic hydroxyl groups is 2. The number of carbonyl (C=O) groups is 2. The molecule has 0 saturated heterocycles. The third-order valence-corrected chi connectivity index (χ3v) is 12.2. The number of unbranched alkanes of at least 4 members (excludes halogenated alkanes) is 34. The molecule has 0 amide bonds. The third kappa shape index (κ3) is 44.8. The van der Waals surface area contributed by atoms with Crippen LogP contribution in [0.1, 0.15) is 258 Å². The van der Waals surface area contributed by atoms with E-state index in [1.165, 1.54) is 186 Å². The summed E-state index contributed by atoms with van der Waals surface area (Å²) in [7, 11) is -4.61. The van der Waals surface area contributed by atoms with Crippen LogP contribution in [0.5, 0.6) is 0 Å². The minimum atomic E-state index is -4.61. The molecular weight excluding hydrogens is 767 g/mol. The summed E-state index contributed by atoms with van der Waals surface area (Å²) in [5, 5.41) is 18.4. The summed E-state index contributed by atoms with van der Waals surface area (Å²) in [4.78, 5) is 35.1. The number of esters is 2. The van der Waals surface area contributed by atoms with Crippen molar-refractivity contribution in [3.05, 3.63) is 0 Å². The van der Waals surface area contributed by atoms with Gasteiger partial charge in [0, 0.05) is 12.8 Å². The van der Waals surface area contributed by atoms with Crippen LogP contribution in [0.25, 0.3) is 0 Å². The summed E-state index contributed by atoms with van der Waals surface area (Å²) in [6, 6.07) is 0. The van der Waals surface area contributed by atoms with Crippen LogP contribution >= 0.6 is 7.82 Å². The molecule has 0 aromatic rings. The van der Waals surface area contributed by atoms with Gasteiger partial charge in [-0.3, -0.25) is 18.6 Å². The van der Waals surface area contributed by atoms with Gasteiger partial charge in [-0.25, -0.2) is 4.57 Å². The molecule has 0 saturated carbocycles. The molecule has 0 aliphatic rings. The normalized spacial score (nSPS) is 13.6. The van der Waals surface area contributed by atoms with Crippen LogP contribution < -0.4 is 0 Å². The van der Waals surface area contributed by atoms with Crippen molar-refractivity contribution in [1.29, 1.82) is 0 Å². The third-order valence-electron chi connectivity index (χ3n) is 11.3. The molecule has 0 aromatic carbocycles. The van der Waals surface area contributed by atoms with Gasteiger partial charge in [-0.1, -0.05) is 232 Å². The van der Waals surface area contributed by atoms with Crippen molar-refractivity contribution < 1.29 is 47.8 Å². The molecule has 0 aromatic heterocycles. The van der Waals surface area contributed by atoms with Gasteiger partial charge in [0.2, 0.25) is 0 Å². The lowest BCUT2D eigenvalue weighted by Crippen LogP contribution is -2.29. The molecule has 0 aliphatic carbocycles. The lowest BCUT2D eigenvalue weighted by molar-refractivity contribution is -0.161. The maximum atomic E-state index is 12.7. The summed E-state index contributed by atoms with van der Waals surface area (Å²) in [6.07, 6.45) is 43.5. The molecule has 59 heavy (non-hydrogen) atoms. The lowest BCUT2D eigenvalue weighted by Gasteiger charge is -2.20. The van der Waals surface area contributed by atoms with E-state index in [0.717, 1.165) is 32.1 Å². The summed E-state index contributed by atoms with van der Waals surface area (Å²) in [5.41, 5.74) is 0. The van der Waals surface area contributed by atoms with Crippen LogP contribution in [0.2, 0.25) is 0 Å². The van der Waals surface area contributed by atoms with Gasteiger partial charge in [0.1, 0.15) is 12.7 Å². The number of hydrogen-bond acceptors (Lipinski definition) is 9. The van der Waals surface area contributed by atoms with Crippen molar-refractivity contribution in [1.82, 2.24) is 0 Å². The Morgan fingerprint density at radius 2 is 0.729 bits per heavy atom. The Labute approximate surface area is 363 Å². The molecule has 0 heterocycles. The second-order valence-corrected chi connectivity index (χ2v) is 18.7. The SMILES string of the molecule is CCCCCCCCCCCCCCCCCCCCCCCC(=O)O[C@H](COC(=O)CCCCCCCCCCCCCCCCC)COP(=O)(O)OC[C@@H](O)CO. The topological polar surface area (TPSA) is 149 Å². The first kappa shape index (κ1) is 58.0. The molecule has 11 heteroatoms. The van der Waals surface area contributed by atoms with E-state index < -0.39 is 51.8 Å². The molecule has 0 fully saturated rings. The Bertz CT molecular complexity index is 951. The van der Waals surface area contributed by atoms with Crippen molar-refractivity contribution in [2.75, 3.05) is 26.4 Å². The van der Waals surface area contributed by atoms with E-state index in [1.807, 2.05) is 0 Å². The molecule has 3 N–H and O–H groups in total. The van der Waals surface area contributed by atoms with Crippen LogP contribution in [0.15, 0.2) is 0 Å². The molecule has 0 rings (SSSR count). The van der Waals surface area contributed by atoms with Gasteiger partial charge in [-0.15, -0.1) is 0 Å². The van der Waals surface area contributed by atoms with E-state index in [-0.39, 0.29) is 19.4 Å². The van der Waals surface area contributed by atoms with Crippen molar-refractivity contribution in [2.45, 2.75) is 270 Å². The fourth-order valence-corrected chi connectivity index (χ4v) is 8.20. The number of phosphoric acid groups is 1. The van der Waals surface area contributed by atoms with Crippen molar-refractivity contribution >= 4 is 19.8 Å². The zero-order valence-electron chi connectivity index (χ0n) is 38.5. The van der Waals surface area contributed by atoms with Gasteiger partial charge in [0.05, 0.1) is 19.8 Å². The smallest absolute Gasteiger partial charge is 0.462 e. The Balaban J connectivity index is 4.13. The van der Waals surface area contributed by atoms with Crippen LogP contribution in [0.3, 0.4) is 0 Å². The molecule has 10 nitrogen and oxygen atoms in total. The number of rotatable bonds is 48. The number of phosphoric ester groups is 1. The first-order chi connectivity index (χ1) is 28.7. The van der Waals surface area contributed by atoms with E-state index in [1.54, 1.807) is 0 Å². The number of carbonyl (C=O) groups excluding carboxylic acids is 2. The number of aliphatic hydroxyl groups excluding tert-OH is 2. The molecule has 0 spiro atoms. The fourth-order valence-electron chi connectivity index (χ4n) is 7.41. The van der Waals surface area contributed by atoms with Crippen LogP contribution in [-0.2, 0) is 32.7 Å².